The lowest BCUT2D eigenvalue weighted by atomic mass is 10.1. The van der Waals surface area contributed by atoms with Crippen LogP contribution in [0.2, 0.25) is 0 Å². The summed E-state index contributed by atoms with van der Waals surface area (Å²) in [5.74, 6) is 0.747. The summed E-state index contributed by atoms with van der Waals surface area (Å²) >= 11 is 0. The van der Waals surface area contributed by atoms with Gasteiger partial charge in [0.25, 0.3) is 0 Å². The van der Waals surface area contributed by atoms with Crippen molar-refractivity contribution in [3.63, 3.8) is 0 Å². The smallest absolute Gasteiger partial charge is 0.163 e. The van der Waals surface area contributed by atoms with E-state index in [-0.39, 0.29) is 24.7 Å². The number of aliphatic hydroxyl groups excluding tert-OH is 1. The molecular formula is C19H24N2O5. The number of Topliss-reactive ketones (excluding diaryl/α,β-unsaturated/α-hetero) is 2. The zero-order valence-electron chi connectivity index (χ0n) is 15.7. The van der Waals surface area contributed by atoms with Crippen molar-refractivity contribution >= 4 is 11.6 Å². The lowest BCUT2D eigenvalue weighted by Gasteiger charge is -2.15. The second kappa shape index (κ2) is 8.14. The number of hydrogen-bond donors (Lipinski definition) is 1. The van der Waals surface area contributed by atoms with Crippen LogP contribution in [-0.2, 0) is 6.54 Å². The van der Waals surface area contributed by atoms with Crippen molar-refractivity contribution in [3.8, 4) is 11.5 Å². The number of aryl methyl sites for hydroxylation is 1. The summed E-state index contributed by atoms with van der Waals surface area (Å²) in [4.78, 5) is 23.1. The standard InChI is InChI=1S/C19H24N2O5/c1-11-19(14(4)23)12(2)21(20-11)9-16(24)10-26-17-7-6-15(13(3)22)8-18(17)25-5/h6-8,16,24H,9-10H2,1-5H3/t16-/m1/s1. The highest BCUT2D eigenvalue weighted by molar-refractivity contribution is 5.96. The molecule has 0 saturated carbocycles. The Morgan fingerprint density at radius 1 is 1.19 bits per heavy atom. The van der Waals surface area contributed by atoms with E-state index >= 15 is 0 Å². The van der Waals surface area contributed by atoms with Crippen LogP contribution in [0.4, 0.5) is 0 Å². The Morgan fingerprint density at radius 3 is 2.42 bits per heavy atom. The number of nitrogens with zero attached hydrogens (tertiary/aromatic N) is 2. The number of rotatable bonds is 8. The summed E-state index contributed by atoms with van der Waals surface area (Å²) in [5.41, 5.74) is 2.47. The molecule has 1 N–H and O–H groups in total. The molecule has 2 aromatic rings. The number of aromatic nitrogens is 2. The van der Waals surface area contributed by atoms with Crippen LogP contribution in [0.3, 0.4) is 0 Å². The molecule has 0 saturated heterocycles. The van der Waals surface area contributed by atoms with Gasteiger partial charge in [0.05, 0.1) is 24.9 Å². The van der Waals surface area contributed by atoms with Crippen molar-refractivity contribution in [2.45, 2.75) is 40.3 Å². The Hall–Kier alpha value is -2.67. The van der Waals surface area contributed by atoms with E-state index in [0.29, 0.717) is 28.3 Å². The first-order chi connectivity index (χ1) is 12.2. The van der Waals surface area contributed by atoms with E-state index in [9.17, 15) is 14.7 Å². The van der Waals surface area contributed by atoms with Gasteiger partial charge < -0.3 is 14.6 Å². The third kappa shape index (κ3) is 4.29. The SMILES string of the molecule is COc1cc(C(C)=O)ccc1OC[C@H](O)Cn1nc(C)c(C(C)=O)c1C. The van der Waals surface area contributed by atoms with Crippen LogP contribution in [0.15, 0.2) is 18.2 Å². The quantitative estimate of drug-likeness (QED) is 0.727. The zero-order valence-corrected chi connectivity index (χ0v) is 15.7. The Labute approximate surface area is 152 Å². The van der Waals surface area contributed by atoms with Gasteiger partial charge >= 0.3 is 0 Å². The van der Waals surface area contributed by atoms with Crippen LogP contribution in [0.5, 0.6) is 11.5 Å². The predicted molar refractivity (Wildman–Crippen MR) is 96.2 cm³/mol. The van der Waals surface area contributed by atoms with E-state index in [0.717, 1.165) is 5.69 Å². The van der Waals surface area contributed by atoms with Gasteiger partial charge in [-0.15, -0.1) is 0 Å². The normalized spacial score (nSPS) is 11.9. The van der Waals surface area contributed by atoms with Gasteiger partial charge in [-0.25, -0.2) is 0 Å². The molecule has 1 heterocycles. The molecular weight excluding hydrogens is 336 g/mol. The van der Waals surface area contributed by atoms with Crippen molar-refractivity contribution in [1.29, 1.82) is 0 Å². The first kappa shape index (κ1) is 19.7. The molecule has 0 amide bonds. The third-order valence-corrected chi connectivity index (χ3v) is 4.12. The van der Waals surface area contributed by atoms with Crippen molar-refractivity contribution in [2.75, 3.05) is 13.7 Å². The van der Waals surface area contributed by atoms with Crippen molar-refractivity contribution in [2.24, 2.45) is 0 Å². The molecule has 0 aliphatic heterocycles. The van der Waals surface area contributed by atoms with E-state index < -0.39 is 6.10 Å². The van der Waals surface area contributed by atoms with Gasteiger partial charge in [-0.3, -0.25) is 14.3 Å². The first-order valence-electron chi connectivity index (χ1n) is 8.29. The summed E-state index contributed by atoms with van der Waals surface area (Å²) in [6, 6.07) is 4.89. The largest absolute Gasteiger partial charge is 0.493 e. The molecule has 1 atom stereocenters. The maximum atomic E-state index is 11.7. The van der Waals surface area contributed by atoms with Crippen LogP contribution in [0, 0.1) is 13.8 Å². The third-order valence-electron chi connectivity index (χ3n) is 4.12. The van der Waals surface area contributed by atoms with Gasteiger partial charge in [0.2, 0.25) is 0 Å². The maximum Gasteiger partial charge on any atom is 0.163 e. The molecule has 1 aromatic heterocycles. The minimum absolute atomic E-state index is 0.0174. The van der Waals surface area contributed by atoms with Gasteiger partial charge in [0, 0.05) is 11.3 Å². The van der Waals surface area contributed by atoms with E-state index in [1.54, 1.807) is 36.7 Å². The van der Waals surface area contributed by atoms with Gasteiger partial charge in [-0.2, -0.15) is 5.10 Å². The fraction of sp³-hybridized carbons (Fsp3) is 0.421. The molecule has 26 heavy (non-hydrogen) atoms. The van der Waals surface area contributed by atoms with Crippen LogP contribution in [0.25, 0.3) is 0 Å². The lowest BCUT2D eigenvalue weighted by molar-refractivity contribution is 0.0870. The Balaban J connectivity index is 2.06. The minimum atomic E-state index is -0.829. The van der Waals surface area contributed by atoms with E-state index in [4.69, 9.17) is 9.47 Å². The van der Waals surface area contributed by atoms with Crippen LogP contribution in [0.1, 0.15) is 46.0 Å². The van der Waals surface area contributed by atoms with Crippen LogP contribution >= 0.6 is 0 Å². The number of hydrogen-bond acceptors (Lipinski definition) is 6. The fourth-order valence-corrected chi connectivity index (χ4v) is 2.83. The molecule has 0 spiro atoms. The number of carbonyl (C=O) groups excluding carboxylic acids is 2. The van der Waals surface area contributed by atoms with Crippen molar-refractivity contribution < 1.29 is 24.2 Å². The highest BCUT2D eigenvalue weighted by Crippen LogP contribution is 2.28. The molecule has 1 aromatic carbocycles. The molecule has 7 nitrogen and oxygen atoms in total. The molecule has 140 valence electrons. The average molecular weight is 360 g/mol. The van der Waals surface area contributed by atoms with Gasteiger partial charge in [0.15, 0.2) is 23.1 Å². The Morgan fingerprint density at radius 2 is 1.88 bits per heavy atom. The molecule has 7 heteroatoms. The van der Waals surface area contributed by atoms with Crippen molar-refractivity contribution in [3.05, 3.63) is 40.7 Å². The summed E-state index contributed by atoms with van der Waals surface area (Å²) in [6.07, 6.45) is -0.829. The molecule has 0 aliphatic rings. The molecule has 0 aliphatic carbocycles. The fourth-order valence-electron chi connectivity index (χ4n) is 2.83. The van der Waals surface area contributed by atoms with Crippen LogP contribution in [-0.4, -0.2) is 46.3 Å². The first-order valence-corrected chi connectivity index (χ1v) is 8.29. The summed E-state index contributed by atoms with van der Waals surface area (Å²) in [5, 5.41) is 14.6. The summed E-state index contributed by atoms with van der Waals surface area (Å²) in [6.45, 7) is 6.76. The van der Waals surface area contributed by atoms with Gasteiger partial charge in [-0.1, -0.05) is 0 Å². The van der Waals surface area contributed by atoms with Crippen LogP contribution < -0.4 is 9.47 Å². The van der Waals surface area contributed by atoms with Gasteiger partial charge in [-0.05, 0) is 45.9 Å². The number of ketones is 2. The number of aliphatic hydroxyl groups is 1. The van der Waals surface area contributed by atoms with E-state index in [1.165, 1.54) is 21.0 Å². The predicted octanol–water partition coefficient (Wildman–Crippen LogP) is 2.35. The minimum Gasteiger partial charge on any atom is -0.493 e. The molecule has 2 rings (SSSR count). The van der Waals surface area contributed by atoms with E-state index in [1.807, 2.05) is 0 Å². The average Bonchev–Trinajstić information content (AvgIpc) is 2.86. The number of benzene rings is 1. The topological polar surface area (TPSA) is 90.7 Å². The zero-order chi connectivity index (χ0) is 19.4. The van der Waals surface area contributed by atoms with E-state index in [2.05, 4.69) is 5.10 Å². The summed E-state index contributed by atoms with van der Waals surface area (Å²) < 4.78 is 12.5. The van der Waals surface area contributed by atoms with Crippen molar-refractivity contribution in [1.82, 2.24) is 9.78 Å². The Bertz CT molecular complexity index is 826. The Kier molecular flexibility index (Phi) is 6.15. The number of carbonyl (C=O) groups is 2. The lowest BCUT2D eigenvalue weighted by Crippen LogP contribution is -2.25. The second-order valence-corrected chi connectivity index (χ2v) is 6.17. The highest BCUT2D eigenvalue weighted by atomic mass is 16.5. The highest BCUT2D eigenvalue weighted by Gasteiger charge is 2.18. The number of methoxy groups -OCH3 is 1. The molecule has 0 bridgehead atoms. The monoisotopic (exact) mass is 360 g/mol. The number of ether oxygens (including phenoxy) is 2. The molecule has 0 radical (unpaired) electrons. The second-order valence-electron chi connectivity index (χ2n) is 6.17. The maximum absolute atomic E-state index is 11.7. The molecule has 0 unspecified atom stereocenters. The van der Waals surface area contributed by atoms with Gasteiger partial charge in [0.1, 0.15) is 12.7 Å². The summed E-state index contributed by atoms with van der Waals surface area (Å²) in [7, 11) is 1.49. The molecule has 0 fully saturated rings.